The molecule has 24 heavy (non-hydrogen) atoms. The zero-order valence-corrected chi connectivity index (χ0v) is 13.6. The van der Waals surface area contributed by atoms with Gasteiger partial charge in [0, 0.05) is 5.41 Å². The summed E-state index contributed by atoms with van der Waals surface area (Å²) < 4.78 is 0. The lowest BCUT2D eigenvalue weighted by Gasteiger charge is -2.16. The van der Waals surface area contributed by atoms with Gasteiger partial charge in [0.15, 0.2) is 0 Å². The van der Waals surface area contributed by atoms with Crippen LogP contribution in [0.4, 0.5) is 0 Å². The van der Waals surface area contributed by atoms with E-state index in [2.05, 4.69) is 0 Å². The van der Waals surface area contributed by atoms with Gasteiger partial charge in [-0.15, -0.1) is 0 Å². The Morgan fingerprint density at radius 3 is 1.79 bits per heavy atom. The average molecular weight is 338 g/mol. The maximum Gasteiger partial charge on any atom is 0.631 e. The van der Waals surface area contributed by atoms with Crippen LogP contribution in [0.2, 0.25) is 0 Å². The number of carbonyl (C=O) groups is 1. The Balaban J connectivity index is 0.000000408. The van der Waals surface area contributed by atoms with Gasteiger partial charge in [0.1, 0.15) is 0 Å². The topological polar surface area (TPSA) is 138 Å². The van der Waals surface area contributed by atoms with E-state index in [1.54, 1.807) is 26.0 Å². The van der Waals surface area contributed by atoms with E-state index in [0.29, 0.717) is 5.56 Å². The first-order valence-corrected chi connectivity index (χ1v) is 7.11. The molecular weight excluding hydrogens is 315 g/mol. The third-order valence-corrected chi connectivity index (χ3v) is 2.85. The maximum atomic E-state index is 10.6. The number of rotatable bonds is 3. The van der Waals surface area contributed by atoms with Gasteiger partial charge in [0.05, 0.1) is 18.8 Å². The summed E-state index contributed by atoms with van der Waals surface area (Å²) in [5.74, 6) is -0.884. The van der Waals surface area contributed by atoms with Gasteiger partial charge < -0.3 is 30.4 Å². The van der Waals surface area contributed by atoms with Crippen LogP contribution in [0.15, 0.2) is 42.5 Å². The Morgan fingerprint density at radius 2 is 1.42 bits per heavy atom. The van der Waals surface area contributed by atoms with E-state index in [1.165, 1.54) is 0 Å². The van der Waals surface area contributed by atoms with Gasteiger partial charge in [-0.25, -0.2) is 4.79 Å². The van der Waals surface area contributed by atoms with Crippen molar-refractivity contribution in [3.8, 4) is 0 Å². The molecule has 0 amide bonds. The van der Waals surface area contributed by atoms with E-state index in [1.807, 2.05) is 30.3 Å². The van der Waals surface area contributed by atoms with Gasteiger partial charge in [-0.1, -0.05) is 44.2 Å². The molecule has 0 heterocycles. The SMILES string of the molecule is CC(C)(CO)CO.O=C(O)c1ccc2ccccc2c1.OB(O)O. The Kier molecular flexibility index (Phi) is 9.86. The van der Waals surface area contributed by atoms with Crippen molar-refractivity contribution in [2.45, 2.75) is 13.8 Å². The largest absolute Gasteiger partial charge is 0.631 e. The monoisotopic (exact) mass is 338 g/mol. The molecule has 6 N–H and O–H groups in total. The summed E-state index contributed by atoms with van der Waals surface area (Å²) in [4.78, 5) is 10.6. The summed E-state index contributed by atoms with van der Waals surface area (Å²) in [6, 6.07) is 12.8. The molecule has 0 aromatic heterocycles. The minimum absolute atomic E-state index is 0.0451. The van der Waals surface area contributed by atoms with Crippen LogP contribution in [0, 0.1) is 5.41 Å². The van der Waals surface area contributed by atoms with Crippen LogP contribution in [-0.4, -0.2) is 56.9 Å². The maximum absolute atomic E-state index is 10.6. The van der Waals surface area contributed by atoms with Crippen molar-refractivity contribution in [1.82, 2.24) is 0 Å². The molecule has 0 aliphatic heterocycles. The molecule has 0 radical (unpaired) electrons. The van der Waals surface area contributed by atoms with Gasteiger partial charge in [0.2, 0.25) is 0 Å². The summed E-state index contributed by atoms with van der Waals surface area (Å²) in [5.41, 5.74) is 0.0266. The first kappa shape index (κ1) is 22.0. The first-order valence-electron chi connectivity index (χ1n) is 7.11. The van der Waals surface area contributed by atoms with E-state index in [-0.39, 0.29) is 18.6 Å². The molecule has 0 aliphatic rings. The normalized spacial score (nSPS) is 10.1. The van der Waals surface area contributed by atoms with Gasteiger partial charge in [-0.2, -0.15) is 0 Å². The lowest BCUT2D eigenvalue weighted by atomic mass is 9.97. The molecule has 2 rings (SSSR count). The van der Waals surface area contributed by atoms with Crippen LogP contribution in [0.25, 0.3) is 10.8 Å². The molecule has 2 aromatic rings. The minimum Gasteiger partial charge on any atom is -0.478 e. The van der Waals surface area contributed by atoms with Crippen LogP contribution in [0.3, 0.4) is 0 Å². The van der Waals surface area contributed by atoms with Crippen molar-refractivity contribution in [2.75, 3.05) is 13.2 Å². The minimum atomic E-state index is -2.17. The van der Waals surface area contributed by atoms with Crippen molar-refractivity contribution >= 4 is 24.1 Å². The molecule has 0 saturated carbocycles. The smallest absolute Gasteiger partial charge is 0.478 e. The Hall–Kier alpha value is -1.97. The summed E-state index contributed by atoms with van der Waals surface area (Å²) in [6.45, 7) is 3.69. The second-order valence-corrected chi connectivity index (χ2v) is 5.69. The number of aliphatic hydroxyl groups is 2. The third-order valence-electron chi connectivity index (χ3n) is 2.85. The Morgan fingerprint density at radius 1 is 0.958 bits per heavy atom. The average Bonchev–Trinajstić information content (AvgIpc) is 2.54. The number of hydrogen-bond donors (Lipinski definition) is 6. The second-order valence-electron chi connectivity index (χ2n) is 5.69. The van der Waals surface area contributed by atoms with Crippen LogP contribution in [0.5, 0.6) is 0 Å². The molecule has 2 aromatic carbocycles. The fourth-order valence-corrected chi connectivity index (χ4v) is 1.37. The lowest BCUT2D eigenvalue weighted by molar-refractivity contribution is 0.0697. The highest BCUT2D eigenvalue weighted by Crippen LogP contribution is 2.15. The van der Waals surface area contributed by atoms with E-state index in [4.69, 9.17) is 30.4 Å². The van der Waals surface area contributed by atoms with Crippen molar-refractivity contribution in [1.29, 1.82) is 0 Å². The number of benzene rings is 2. The molecule has 132 valence electrons. The van der Waals surface area contributed by atoms with Crippen molar-refractivity contribution in [3.05, 3.63) is 48.0 Å². The third kappa shape index (κ3) is 9.24. The Labute approximate surface area is 140 Å². The molecule has 0 aliphatic carbocycles. The van der Waals surface area contributed by atoms with Crippen molar-refractivity contribution < 1.29 is 35.2 Å². The van der Waals surface area contributed by atoms with Gasteiger partial charge in [-0.05, 0) is 22.9 Å². The van der Waals surface area contributed by atoms with Crippen molar-refractivity contribution in [2.24, 2.45) is 5.41 Å². The highest BCUT2D eigenvalue weighted by molar-refractivity contribution is 6.30. The zero-order chi connectivity index (χ0) is 18.8. The van der Waals surface area contributed by atoms with Gasteiger partial charge in [0.25, 0.3) is 0 Å². The standard InChI is InChI=1S/C11H8O2.C5H12O2.BH3O3/c12-11(13)10-6-5-8-3-1-2-4-9(8)7-10;1-5(2,3-6)4-7;2-1(3)4/h1-7H,(H,12,13);6-7H,3-4H2,1-2H3;2-4H. The molecule has 0 unspecified atom stereocenters. The summed E-state index contributed by atoms with van der Waals surface area (Å²) >= 11 is 0. The van der Waals surface area contributed by atoms with E-state index in [9.17, 15) is 4.79 Å². The van der Waals surface area contributed by atoms with E-state index >= 15 is 0 Å². The number of aliphatic hydroxyl groups excluding tert-OH is 2. The van der Waals surface area contributed by atoms with Crippen LogP contribution >= 0.6 is 0 Å². The number of hydrogen-bond acceptors (Lipinski definition) is 6. The molecule has 0 bridgehead atoms. The lowest BCUT2D eigenvalue weighted by Crippen LogP contribution is -2.20. The van der Waals surface area contributed by atoms with E-state index in [0.717, 1.165) is 10.8 Å². The van der Waals surface area contributed by atoms with Gasteiger partial charge in [-0.3, -0.25) is 0 Å². The zero-order valence-electron chi connectivity index (χ0n) is 13.6. The molecular formula is C16H23BO7. The summed E-state index contributed by atoms with van der Waals surface area (Å²) in [6.07, 6.45) is 0. The fraction of sp³-hybridized carbons (Fsp3) is 0.312. The quantitative estimate of drug-likeness (QED) is 0.448. The second kappa shape index (κ2) is 10.7. The number of fused-ring (bicyclic) bond motifs is 1. The van der Waals surface area contributed by atoms with Crippen LogP contribution < -0.4 is 0 Å². The molecule has 0 spiro atoms. The van der Waals surface area contributed by atoms with Crippen molar-refractivity contribution in [3.63, 3.8) is 0 Å². The van der Waals surface area contributed by atoms with E-state index < -0.39 is 13.3 Å². The van der Waals surface area contributed by atoms with Gasteiger partial charge >= 0.3 is 13.3 Å². The highest BCUT2D eigenvalue weighted by atomic mass is 16.5. The molecule has 7 nitrogen and oxygen atoms in total. The van der Waals surface area contributed by atoms with Crippen LogP contribution in [0.1, 0.15) is 24.2 Å². The molecule has 0 atom stereocenters. The predicted molar refractivity (Wildman–Crippen MR) is 91.3 cm³/mol. The Bertz CT molecular complexity index is 620. The van der Waals surface area contributed by atoms with Crippen LogP contribution in [-0.2, 0) is 0 Å². The number of carboxylic acids is 1. The fourth-order valence-electron chi connectivity index (χ4n) is 1.37. The summed E-state index contributed by atoms with van der Waals surface area (Å²) in [7, 11) is -2.17. The molecule has 0 fully saturated rings. The first-order chi connectivity index (χ1) is 11.1. The number of aromatic carboxylic acids is 1. The molecule has 0 saturated heterocycles. The predicted octanol–water partition coefficient (Wildman–Crippen LogP) is 0.483. The number of carboxylic acid groups (broad SMARTS) is 1. The molecule has 8 heteroatoms. The summed E-state index contributed by atoms with van der Waals surface area (Å²) in [5, 5.41) is 49.1. The highest BCUT2D eigenvalue weighted by Gasteiger charge is 2.13.